The fraction of sp³-hybridized carbons (Fsp3) is 0.190. The first-order chi connectivity index (χ1) is 13.1. The molecule has 0 saturated carbocycles. The van der Waals surface area contributed by atoms with Crippen LogP contribution < -0.4 is 4.74 Å². The van der Waals surface area contributed by atoms with Crippen LogP contribution in [0.2, 0.25) is 0 Å². The summed E-state index contributed by atoms with van der Waals surface area (Å²) in [7, 11) is 0. The molecule has 0 amide bonds. The molecule has 1 N–H and O–H groups in total. The summed E-state index contributed by atoms with van der Waals surface area (Å²) in [6.07, 6.45) is 0.579. The van der Waals surface area contributed by atoms with Gasteiger partial charge in [0.15, 0.2) is 0 Å². The van der Waals surface area contributed by atoms with Gasteiger partial charge >= 0.3 is 5.97 Å². The zero-order valence-electron chi connectivity index (χ0n) is 14.9. The molecule has 0 saturated heterocycles. The van der Waals surface area contributed by atoms with Gasteiger partial charge in [-0.15, -0.1) is 0 Å². The number of nitriles is 1. The van der Waals surface area contributed by atoms with E-state index < -0.39 is 5.97 Å². The van der Waals surface area contributed by atoms with Crippen LogP contribution in [0.4, 0.5) is 0 Å². The van der Waals surface area contributed by atoms with Crippen LogP contribution in [0.3, 0.4) is 0 Å². The van der Waals surface area contributed by atoms with Crippen molar-refractivity contribution in [3.05, 3.63) is 77.1 Å². The van der Waals surface area contributed by atoms with Crippen LogP contribution >= 0.6 is 0 Å². The third kappa shape index (κ3) is 4.33. The Morgan fingerprint density at radius 1 is 1.19 bits per heavy atom. The van der Waals surface area contributed by atoms with Gasteiger partial charge in [-0.3, -0.25) is 4.79 Å². The Hall–Kier alpha value is -3.59. The number of nitrogens with zero attached hydrogens (tertiary/aromatic N) is 3. The molecule has 1 heterocycles. The lowest BCUT2D eigenvalue weighted by Gasteiger charge is -2.10. The van der Waals surface area contributed by atoms with Crippen molar-refractivity contribution in [3.8, 4) is 17.5 Å². The number of para-hydroxylation sites is 1. The van der Waals surface area contributed by atoms with Gasteiger partial charge in [0.05, 0.1) is 17.1 Å². The molecule has 27 heavy (non-hydrogen) atoms. The second-order valence-corrected chi connectivity index (χ2v) is 6.09. The maximum atomic E-state index is 10.7. The fourth-order valence-electron chi connectivity index (χ4n) is 2.79. The van der Waals surface area contributed by atoms with E-state index in [1.807, 2.05) is 42.5 Å². The van der Waals surface area contributed by atoms with E-state index in [0.29, 0.717) is 29.1 Å². The predicted octanol–water partition coefficient (Wildman–Crippen LogP) is 3.65. The summed E-state index contributed by atoms with van der Waals surface area (Å²) in [6.45, 7) is 2.01. The van der Waals surface area contributed by atoms with E-state index in [1.165, 1.54) is 0 Å². The Labute approximate surface area is 157 Å². The van der Waals surface area contributed by atoms with Gasteiger partial charge in [0, 0.05) is 6.42 Å². The van der Waals surface area contributed by atoms with Crippen LogP contribution in [-0.4, -0.2) is 20.9 Å². The summed E-state index contributed by atoms with van der Waals surface area (Å²) >= 11 is 0. The van der Waals surface area contributed by atoms with E-state index in [-0.39, 0.29) is 13.0 Å². The third-order valence-corrected chi connectivity index (χ3v) is 4.20. The lowest BCUT2D eigenvalue weighted by atomic mass is 10.1. The minimum atomic E-state index is -0.816. The van der Waals surface area contributed by atoms with Gasteiger partial charge in [-0.2, -0.15) is 10.4 Å². The van der Waals surface area contributed by atoms with Crippen LogP contribution in [0.25, 0.3) is 5.69 Å². The number of carbonyl (C=O) groups is 1. The van der Waals surface area contributed by atoms with E-state index in [2.05, 4.69) is 11.2 Å². The molecule has 136 valence electrons. The van der Waals surface area contributed by atoms with Crippen LogP contribution in [0, 0.1) is 18.3 Å². The highest BCUT2D eigenvalue weighted by molar-refractivity contribution is 5.67. The highest BCUT2D eigenvalue weighted by atomic mass is 16.5. The smallest absolute Gasteiger partial charge is 0.303 e. The Kier molecular flexibility index (Phi) is 5.53. The monoisotopic (exact) mass is 361 g/mol. The molecule has 0 aliphatic carbocycles. The zero-order chi connectivity index (χ0) is 19.2. The number of hydrogen-bond donors (Lipinski definition) is 1. The largest absolute Gasteiger partial charge is 0.487 e. The Balaban J connectivity index is 1.78. The Morgan fingerprint density at radius 2 is 1.89 bits per heavy atom. The molecule has 0 atom stereocenters. The summed E-state index contributed by atoms with van der Waals surface area (Å²) in [5.41, 5.74) is 3.66. The number of hydrogen-bond acceptors (Lipinski definition) is 4. The molecular formula is C21H19N3O3. The Morgan fingerprint density at radius 3 is 2.52 bits per heavy atom. The molecule has 6 nitrogen and oxygen atoms in total. The molecule has 2 aromatic carbocycles. The van der Waals surface area contributed by atoms with E-state index in [0.717, 1.165) is 11.3 Å². The molecule has 0 fully saturated rings. The first-order valence-corrected chi connectivity index (χ1v) is 8.56. The van der Waals surface area contributed by atoms with Gasteiger partial charge in [-0.1, -0.05) is 30.3 Å². The first kappa shape index (κ1) is 18.2. The van der Waals surface area contributed by atoms with Crippen molar-refractivity contribution in [3.63, 3.8) is 0 Å². The molecule has 3 rings (SSSR count). The molecule has 0 aliphatic heterocycles. The van der Waals surface area contributed by atoms with Gasteiger partial charge < -0.3 is 9.84 Å². The average Bonchev–Trinajstić information content (AvgIpc) is 3.01. The summed E-state index contributed by atoms with van der Waals surface area (Å²) in [4.78, 5) is 10.7. The van der Waals surface area contributed by atoms with Crippen molar-refractivity contribution in [1.82, 2.24) is 9.78 Å². The maximum absolute atomic E-state index is 10.7. The molecule has 6 heteroatoms. The summed E-state index contributed by atoms with van der Waals surface area (Å²) in [5.74, 6) is -0.166. The normalized spacial score (nSPS) is 10.4. The molecule has 0 unspecified atom stereocenters. The number of benzene rings is 2. The minimum Gasteiger partial charge on any atom is -0.487 e. The van der Waals surface area contributed by atoms with Crippen molar-refractivity contribution in [2.24, 2.45) is 0 Å². The number of aromatic nitrogens is 2. The molecule has 0 spiro atoms. The Bertz CT molecular complexity index is 970. The lowest BCUT2D eigenvalue weighted by molar-refractivity contribution is -0.136. The molecule has 0 radical (unpaired) electrons. The van der Waals surface area contributed by atoms with Gasteiger partial charge in [0.25, 0.3) is 0 Å². The SMILES string of the molecule is Cc1nn(-c2ccccc2)c(COc2ccc(CCC(=O)O)cc2)c1C#N. The molecule has 0 aliphatic rings. The van der Waals surface area contributed by atoms with Crippen molar-refractivity contribution in [2.75, 3.05) is 0 Å². The van der Waals surface area contributed by atoms with E-state index >= 15 is 0 Å². The van der Waals surface area contributed by atoms with Crippen LogP contribution in [0.1, 0.15) is 28.9 Å². The third-order valence-electron chi connectivity index (χ3n) is 4.20. The van der Waals surface area contributed by atoms with E-state index in [4.69, 9.17) is 9.84 Å². The minimum absolute atomic E-state index is 0.0985. The second kappa shape index (κ2) is 8.19. The number of carboxylic acids is 1. The van der Waals surface area contributed by atoms with Gasteiger partial charge in [-0.25, -0.2) is 4.68 Å². The average molecular weight is 361 g/mol. The molecule has 3 aromatic rings. The van der Waals surface area contributed by atoms with Crippen molar-refractivity contribution in [2.45, 2.75) is 26.4 Å². The molecule has 1 aromatic heterocycles. The first-order valence-electron chi connectivity index (χ1n) is 8.56. The molecular weight excluding hydrogens is 342 g/mol. The number of aliphatic carboxylic acids is 1. The van der Waals surface area contributed by atoms with Gasteiger partial charge in [0.2, 0.25) is 0 Å². The quantitative estimate of drug-likeness (QED) is 0.694. The van der Waals surface area contributed by atoms with Gasteiger partial charge in [-0.05, 0) is 43.2 Å². The standard InChI is InChI=1S/C21H19N3O3/c1-15-19(13-22)20(24(23-15)17-5-3-2-4-6-17)14-27-18-10-7-16(8-11-18)9-12-21(25)26/h2-8,10-11H,9,12,14H2,1H3,(H,25,26). The van der Waals surface area contributed by atoms with Crippen LogP contribution in [0.5, 0.6) is 5.75 Å². The number of ether oxygens (including phenoxy) is 1. The van der Waals surface area contributed by atoms with Crippen LogP contribution in [0.15, 0.2) is 54.6 Å². The highest BCUT2D eigenvalue weighted by Crippen LogP contribution is 2.21. The van der Waals surface area contributed by atoms with Crippen LogP contribution in [-0.2, 0) is 17.8 Å². The van der Waals surface area contributed by atoms with E-state index in [1.54, 1.807) is 23.7 Å². The summed E-state index contributed by atoms with van der Waals surface area (Å²) < 4.78 is 7.59. The second-order valence-electron chi connectivity index (χ2n) is 6.09. The van der Waals surface area contributed by atoms with Crippen molar-refractivity contribution < 1.29 is 14.6 Å². The fourth-order valence-corrected chi connectivity index (χ4v) is 2.79. The van der Waals surface area contributed by atoms with Crippen molar-refractivity contribution >= 4 is 5.97 Å². The number of rotatable bonds is 7. The van der Waals surface area contributed by atoms with Crippen molar-refractivity contribution in [1.29, 1.82) is 5.26 Å². The summed E-state index contributed by atoms with van der Waals surface area (Å²) in [6, 6.07) is 19.1. The summed E-state index contributed by atoms with van der Waals surface area (Å²) in [5, 5.41) is 22.7. The number of aryl methyl sites for hydroxylation is 2. The predicted molar refractivity (Wildman–Crippen MR) is 99.7 cm³/mol. The lowest BCUT2D eigenvalue weighted by Crippen LogP contribution is -2.07. The number of carboxylic acid groups (broad SMARTS) is 1. The highest BCUT2D eigenvalue weighted by Gasteiger charge is 2.17. The zero-order valence-corrected chi connectivity index (χ0v) is 14.9. The molecule has 0 bridgehead atoms. The topological polar surface area (TPSA) is 88.1 Å². The van der Waals surface area contributed by atoms with Gasteiger partial charge in [0.1, 0.15) is 24.0 Å². The maximum Gasteiger partial charge on any atom is 0.303 e. The van der Waals surface area contributed by atoms with E-state index in [9.17, 15) is 10.1 Å².